The van der Waals surface area contributed by atoms with Crippen molar-refractivity contribution in [3.05, 3.63) is 131 Å². The fourth-order valence-electron chi connectivity index (χ4n) is 7.20. The number of benzene rings is 3. The Kier molecular flexibility index (Phi) is 12.9. The summed E-state index contributed by atoms with van der Waals surface area (Å²) < 4.78 is 11.4. The van der Waals surface area contributed by atoms with Crippen LogP contribution in [0.1, 0.15) is 40.3 Å². The van der Waals surface area contributed by atoms with Crippen molar-refractivity contribution in [1.29, 1.82) is 0 Å². The first kappa shape index (κ1) is 37.0. The highest BCUT2D eigenvalue weighted by Crippen LogP contribution is 2.32. The van der Waals surface area contributed by atoms with E-state index < -0.39 is 36.3 Å². The van der Waals surface area contributed by atoms with E-state index in [1.807, 2.05) is 78.9 Å². The van der Waals surface area contributed by atoms with E-state index in [9.17, 15) is 24.9 Å². The van der Waals surface area contributed by atoms with Crippen LogP contribution in [0.3, 0.4) is 0 Å². The minimum absolute atomic E-state index is 0.00821. The molecule has 1 saturated heterocycles. The number of rotatable bonds is 16. The Hall–Kier alpha value is -4.81. The number of hydrogen-bond donors (Lipinski definition) is 4. The lowest BCUT2D eigenvalue weighted by atomic mass is 9.87. The number of carbonyl (C=O) groups is 2. The van der Waals surface area contributed by atoms with Gasteiger partial charge in [-0.3, -0.25) is 19.6 Å². The number of nitrogens with one attached hydrogen (secondary N) is 1. The van der Waals surface area contributed by atoms with Crippen LogP contribution in [0.15, 0.2) is 103 Å². The van der Waals surface area contributed by atoms with Gasteiger partial charge in [0.1, 0.15) is 12.4 Å². The molecule has 1 aromatic heterocycles. The summed E-state index contributed by atoms with van der Waals surface area (Å²) in [7, 11) is 0. The molecule has 11 heteroatoms. The molecule has 6 rings (SSSR count). The number of aromatic nitrogens is 1. The van der Waals surface area contributed by atoms with Crippen LogP contribution in [0, 0.1) is 5.92 Å². The second-order valence-electron chi connectivity index (χ2n) is 13.6. The summed E-state index contributed by atoms with van der Waals surface area (Å²) in [6.45, 7) is 4.64. The Balaban J connectivity index is 1.22. The molecule has 274 valence electrons. The van der Waals surface area contributed by atoms with Crippen LogP contribution in [0.25, 0.3) is 0 Å². The van der Waals surface area contributed by atoms with Crippen LogP contribution in [0.4, 0.5) is 4.79 Å². The molecule has 4 N–H and O–H groups in total. The van der Waals surface area contributed by atoms with Crippen molar-refractivity contribution in [2.24, 2.45) is 5.92 Å². The molecular formula is C41H48N4O7. The molecule has 2 aliphatic rings. The summed E-state index contributed by atoms with van der Waals surface area (Å²) in [6, 6.07) is 26.8. The van der Waals surface area contributed by atoms with E-state index in [1.54, 1.807) is 24.5 Å². The fourth-order valence-corrected chi connectivity index (χ4v) is 7.20. The minimum atomic E-state index is -1.20. The normalized spacial score (nSPS) is 18.9. The number of nitrogens with zero attached hydrogens (tertiary/aromatic N) is 3. The highest BCUT2D eigenvalue weighted by atomic mass is 16.5. The van der Waals surface area contributed by atoms with Gasteiger partial charge in [0.25, 0.3) is 0 Å². The van der Waals surface area contributed by atoms with E-state index in [-0.39, 0.29) is 31.7 Å². The first-order valence-corrected chi connectivity index (χ1v) is 18.0. The minimum Gasteiger partial charge on any atom is -0.492 e. The largest absolute Gasteiger partial charge is 0.492 e. The number of hydrogen-bond acceptors (Lipinski definition) is 8. The molecular weight excluding hydrogens is 660 g/mol. The number of carbonyl (C=O) groups excluding carboxylic acids is 1. The molecule has 1 aliphatic heterocycles. The highest BCUT2D eigenvalue weighted by molar-refractivity contribution is 5.80. The zero-order valence-electron chi connectivity index (χ0n) is 29.3. The van der Waals surface area contributed by atoms with Gasteiger partial charge in [-0.25, -0.2) is 4.79 Å². The second-order valence-corrected chi connectivity index (χ2v) is 13.6. The van der Waals surface area contributed by atoms with Gasteiger partial charge in [0.2, 0.25) is 5.91 Å². The molecule has 0 radical (unpaired) electrons. The molecule has 4 aromatic rings. The van der Waals surface area contributed by atoms with E-state index in [0.29, 0.717) is 13.0 Å². The lowest BCUT2D eigenvalue weighted by Gasteiger charge is -2.35. The van der Waals surface area contributed by atoms with Gasteiger partial charge in [-0.1, -0.05) is 66.7 Å². The summed E-state index contributed by atoms with van der Waals surface area (Å²) in [4.78, 5) is 34.6. The summed E-state index contributed by atoms with van der Waals surface area (Å²) in [5, 5.41) is 36.5. The average Bonchev–Trinajstić information content (AvgIpc) is 3.48. The third-order valence-corrected chi connectivity index (χ3v) is 10.1. The number of morpholine rings is 1. The predicted molar refractivity (Wildman–Crippen MR) is 196 cm³/mol. The van der Waals surface area contributed by atoms with Gasteiger partial charge in [-0.05, 0) is 71.3 Å². The number of fused-ring (bicyclic) bond motifs is 1. The molecule has 11 nitrogen and oxygen atoms in total. The van der Waals surface area contributed by atoms with Gasteiger partial charge in [0.15, 0.2) is 0 Å². The molecule has 0 saturated carbocycles. The standard InChI is InChI=1S/C41H48N4O7/c46-37(36(25-29-6-2-1-3-7-29)45(41(49)50)28-31-14-16-42-17-15-31)27-33(40(48)43-39-35-9-5-4-8-32(35)26-38(39)47)24-30-10-12-34(13-11-30)52-23-20-44-18-21-51-22-19-44/h1-17,33,36-39,46-47H,18-28H2,(H,43,48)(H,49,50)/t33?,36?,37?,38-,39-/m0/s1. The van der Waals surface area contributed by atoms with Crippen molar-refractivity contribution < 1.29 is 34.4 Å². The van der Waals surface area contributed by atoms with E-state index >= 15 is 0 Å². The van der Waals surface area contributed by atoms with Crippen LogP contribution < -0.4 is 10.1 Å². The second kappa shape index (κ2) is 18.1. The van der Waals surface area contributed by atoms with E-state index in [4.69, 9.17) is 9.47 Å². The van der Waals surface area contributed by atoms with Crippen molar-refractivity contribution in [3.63, 3.8) is 0 Å². The summed E-state index contributed by atoms with van der Waals surface area (Å²) >= 11 is 0. The van der Waals surface area contributed by atoms with Crippen molar-refractivity contribution in [2.45, 2.75) is 56.5 Å². The molecule has 5 atom stereocenters. The van der Waals surface area contributed by atoms with Crippen molar-refractivity contribution >= 4 is 12.0 Å². The van der Waals surface area contributed by atoms with Crippen molar-refractivity contribution in [1.82, 2.24) is 20.1 Å². The van der Waals surface area contributed by atoms with Gasteiger partial charge >= 0.3 is 6.09 Å². The van der Waals surface area contributed by atoms with Gasteiger partial charge in [0.05, 0.1) is 37.5 Å². The topological polar surface area (TPSA) is 145 Å². The number of ether oxygens (including phenoxy) is 2. The maximum absolute atomic E-state index is 14.2. The SMILES string of the molecule is O=C(N[C@H]1c2ccccc2C[C@@H]1O)C(Cc1ccc(OCCN2CCOCC2)cc1)CC(O)C(Cc1ccccc1)N(Cc1ccncc1)C(=O)O. The Bertz CT molecular complexity index is 1720. The van der Waals surface area contributed by atoms with Gasteiger partial charge in [-0.2, -0.15) is 0 Å². The molecule has 1 aliphatic carbocycles. The molecule has 2 heterocycles. The summed E-state index contributed by atoms with van der Waals surface area (Å²) in [6.07, 6.45) is 1.02. The number of carboxylic acid groups (broad SMARTS) is 1. The van der Waals surface area contributed by atoms with E-state index in [2.05, 4.69) is 15.2 Å². The number of aliphatic hydroxyl groups is 2. The Morgan fingerprint density at radius 2 is 1.60 bits per heavy atom. The maximum atomic E-state index is 14.2. The summed E-state index contributed by atoms with van der Waals surface area (Å²) in [5.74, 6) is -0.335. The van der Waals surface area contributed by atoms with Gasteiger partial charge < -0.3 is 30.1 Å². The van der Waals surface area contributed by atoms with Gasteiger partial charge in [-0.15, -0.1) is 0 Å². The van der Waals surface area contributed by atoms with Crippen LogP contribution in [0.2, 0.25) is 0 Å². The van der Waals surface area contributed by atoms with Crippen LogP contribution in [-0.4, -0.2) is 99.8 Å². The quantitative estimate of drug-likeness (QED) is 0.134. The van der Waals surface area contributed by atoms with E-state index in [0.717, 1.165) is 66.4 Å². The third kappa shape index (κ3) is 9.95. The molecule has 3 unspecified atom stereocenters. The Morgan fingerprint density at radius 1 is 0.904 bits per heavy atom. The lowest BCUT2D eigenvalue weighted by Crippen LogP contribution is -2.49. The molecule has 2 amide bonds. The molecule has 0 bridgehead atoms. The molecule has 0 spiro atoms. The monoisotopic (exact) mass is 708 g/mol. The Morgan fingerprint density at radius 3 is 2.33 bits per heavy atom. The van der Waals surface area contributed by atoms with Crippen LogP contribution in [0.5, 0.6) is 5.75 Å². The fraction of sp³-hybridized carbons (Fsp3) is 0.390. The zero-order chi connectivity index (χ0) is 36.3. The number of pyridine rings is 1. The lowest BCUT2D eigenvalue weighted by molar-refractivity contribution is -0.128. The first-order valence-electron chi connectivity index (χ1n) is 18.0. The van der Waals surface area contributed by atoms with Crippen molar-refractivity contribution in [2.75, 3.05) is 39.5 Å². The average molecular weight is 709 g/mol. The highest BCUT2D eigenvalue weighted by Gasteiger charge is 2.37. The third-order valence-electron chi connectivity index (χ3n) is 10.1. The zero-order valence-corrected chi connectivity index (χ0v) is 29.3. The van der Waals surface area contributed by atoms with Crippen LogP contribution >= 0.6 is 0 Å². The van der Waals surface area contributed by atoms with Crippen LogP contribution in [-0.2, 0) is 35.3 Å². The number of amides is 2. The Labute approximate surface area is 304 Å². The number of aliphatic hydroxyl groups excluding tert-OH is 2. The predicted octanol–water partition coefficient (Wildman–Crippen LogP) is 4.27. The smallest absolute Gasteiger partial charge is 0.407 e. The molecule has 52 heavy (non-hydrogen) atoms. The summed E-state index contributed by atoms with van der Waals surface area (Å²) in [5.41, 5.74) is 4.32. The van der Waals surface area contributed by atoms with E-state index in [1.165, 1.54) is 4.90 Å². The van der Waals surface area contributed by atoms with Crippen molar-refractivity contribution in [3.8, 4) is 5.75 Å². The molecule has 1 fully saturated rings. The first-order chi connectivity index (χ1) is 25.3. The molecule has 3 aromatic carbocycles. The maximum Gasteiger partial charge on any atom is 0.407 e. The van der Waals surface area contributed by atoms with Gasteiger partial charge in [0, 0.05) is 50.9 Å².